The maximum absolute atomic E-state index is 10.9. The number of hydroxylamine groups is 4. The fourth-order valence-corrected chi connectivity index (χ4v) is 4.56. The standard InChI is InChI=1S/C30H32N2O2/c33-31(23-29(25-13-5-1-6-14-25)26-15-7-2-8-16-26)21-22-32(34)24-30(27-17-9-3-10-18-27)28-19-11-4-12-20-28/h1-20,29-30,33-34H,21-24H2/p+2. The van der Waals surface area contributed by atoms with Gasteiger partial charge in [-0.25, -0.2) is 10.4 Å². The van der Waals surface area contributed by atoms with Gasteiger partial charge in [-0.3, -0.25) is 0 Å². The van der Waals surface area contributed by atoms with Gasteiger partial charge in [0.15, 0.2) is 13.1 Å². The lowest BCUT2D eigenvalue weighted by Crippen LogP contribution is -3.18. The molecule has 4 nitrogen and oxygen atoms in total. The third-order valence-electron chi connectivity index (χ3n) is 6.39. The van der Waals surface area contributed by atoms with Crippen LogP contribution in [0.4, 0.5) is 0 Å². The predicted octanol–water partition coefficient (Wildman–Crippen LogP) is 3.20. The zero-order valence-electron chi connectivity index (χ0n) is 19.4. The van der Waals surface area contributed by atoms with Gasteiger partial charge in [0.25, 0.3) is 0 Å². The average Bonchev–Trinajstić information content (AvgIpc) is 2.91. The smallest absolute Gasteiger partial charge is 0.159 e. The Balaban J connectivity index is 1.40. The van der Waals surface area contributed by atoms with Crippen LogP contribution in [0.1, 0.15) is 34.1 Å². The first-order valence-corrected chi connectivity index (χ1v) is 12.0. The summed E-state index contributed by atoms with van der Waals surface area (Å²) < 4.78 is 0. The quantitative estimate of drug-likeness (QED) is 0.263. The first kappa shape index (κ1) is 23.9. The van der Waals surface area contributed by atoms with E-state index in [0.717, 1.165) is 0 Å². The highest BCUT2D eigenvalue weighted by molar-refractivity contribution is 5.33. The monoisotopic (exact) mass is 454 g/mol. The molecule has 0 heterocycles. The van der Waals surface area contributed by atoms with Crippen LogP contribution < -0.4 is 10.1 Å². The Labute approximate surface area is 202 Å². The molecule has 0 aliphatic rings. The van der Waals surface area contributed by atoms with Crippen molar-refractivity contribution in [1.82, 2.24) is 0 Å². The van der Waals surface area contributed by atoms with Crippen LogP contribution in [0.3, 0.4) is 0 Å². The van der Waals surface area contributed by atoms with E-state index in [-0.39, 0.29) is 11.8 Å². The van der Waals surface area contributed by atoms with Crippen LogP contribution in [0.25, 0.3) is 0 Å². The minimum atomic E-state index is 0.0888. The molecule has 0 aliphatic carbocycles. The summed E-state index contributed by atoms with van der Waals surface area (Å²) in [5.74, 6) is 0.178. The van der Waals surface area contributed by atoms with E-state index >= 15 is 0 Å². The van der Waals surface area contributed by atoms with E-state index in [9.17, 15) is 10.4 Å². The van der Waals surface area contributed by atoms with E-state index in [1.165, 1.54) is 22.3 Å². The van der Waals surface area contributed by atoms with Gasteiger partial charge in [0.2, 0.25) is 0 Å². The Morgan fingerprint density at radius 1 is 0.412 bits per heavy atom. The summed E-state index contributed by atoms with van der Waals surface area (Å²) in [7, 11) is 0. The Hall–Kier alpha value is -3.28. The summed E-state index contributed by atoms with van der Waals surface area (Å²) in [5, 5.41) is 22.5. The SMILES string of the molecule is O[NH+](CC[NH+](O)CC(c1ccccc1)c1ccccc1)CC(c1ccccc1)c1ccccc1. The summed E-state index contributed by atoms with van der Waals surface area (Å²) >= 11 is 0. The van der Waals surface area contributed by atoms with Gasteiger partial charge in [-0.15, -0.1) is 0 Å². The van der Waals surface area contributed by atoms with E-state index in [1.54, 1.807) is 0 Å². The molecule has 4 N–H and O–H groups in total. The molecule has 4 aromatic rings. The van der Waals surface area contributed by atoms with E-state index in [2.05, 4.69) is 48.5 Å². The fourth-order valence-electron chi connectivity index (χ4n) is 4.56. The van der Waals surface area contributed by atoms with E-state index in [0.29, 0.717) is 36.3 Å². The first-order chi connectivity index (χ1) is 16.7. The van der Waals surface area contributed by atoms with Crippen molar-refractivity contribution >= 4 is 0 Å². The number of hydrogen-bond acceptors (Lipinski definition) is 2. The normalized spacial score (nSPS) is 13.2. The molecule has 0 aliphatic heterocycles. The van der Waals surface area contributed by atoms with E-state index < -0.39 is 0 Å². The second-order valence-corrected chi connectivity index (χ2v) is 8.79. The molecule has 0 saturated carbocycles. The van der Waals surface area contributed by atoms with Gasteiger partial charge >= 0.3 is 0 Å². The minimum absolute atomic E-state index is 0.0888. The molecule has 2 unspecified atom stereocenters. The molecular weight excluding hydrogens is 420 g/mol. The highest BCUT2D eigenvalue weighted by Gasteiger charge is 2.24. The molecule has 0 fully saturated rings. The molecule has 2 atom stereocenters. The molecule has 34 heavy (non-hydrogen) atoms. The van der Waals surface area contributed by atoms with Crippen LogP contribution in [0.5, 0.6) is 0 Å². The lowest BCUT2D eigenvalue weighted by Gasteiger charge is -2.23. The number of nitrogens with one attached hydrogen (secondary N) is 2. The first-order valence-electron chi connectivity index (χ1n) is 12.0. The Morgan fingerprint density at radius 2 is 0.647 bits per heavy atom. The van der Waals surface area contributed by atoms with Gasteiger partial charge in [-0.2, -0.15) is 10.1 Å². The molecule has 4 aromatic carbocycles. The van der Waals surface area contributed by atoms with Crippen LogP contribution in [0, 0.1) is 0 Å². The Kier molecular flexibility index (Phi) is 8.60. The molecule has 0 amide bonds. The molecule has 0 aromatic heterocycles. The fraction of sp³-hybridized carbons (Fsp3) is 0.200. The van der Waals surface area contributed by atoms with Gasteiger partial charge in [0, 0.05) is 0 Å². The molecule has 0 bridgehead atoms. The molecule has 174 valence electrons. The summed E-state index contributed by atoms with van der Waals surface area (Å²) in [5.41, 5.74) is 4.73. The van der Waals surface area contributed by atoms with Crippen molar-refractivity contribution < 1.29 is 20.5 Å². The lowest BCUT2D eigenvalue weighted by molar-refractivity contribution is -1.14. The zero-order chi connectivity index (χ0) is 23.6. The van der Waals surface area contributed by atoms with E-state index in [4.69, 9.17) is 0 Å². The van der Waals surface area contributed by atoms with Crippen molar-refractivity contribution in [2.24, 2.45) is 0 Å². The number of rotatable bonds is 11. The molecule has 0 radical (unpaired) electrons. The van der Waals surface area contributed by atoms with Crippen molar-refractivity contribution in [2.45, 2.75) is 11.8 Å². The molecule has 0 saturated heterocycles. The Morgan fingerprint density at radius 3 is 0.882 bits per heavy atom. The molecule has 4 heteroatoms. The average molecular weight is 455 g/mol. The van der Waals surface area contributed by atoms with Crippen molar-refractivity contribution in [3.05, 3.63) is 144 Å². The third-order valence-corrected chi connectivity index (χ3v) is 6.39. The number of quaternary nitrogens is 2. The van der Waals surface area contributed by atoms with Crippen molar-refractivity contribution in [3.8, 4) is 0 Å². The Bertz CT molecular complexity index is 922. The molecular formula is C30H34N2O2+2. The van der Waals surface area contributed by atoms with Crippen molar-refractivity contribution in [3.63, 3.8) is 0 Å². The molecule has 4 rings (SSSR count). The van der Waals surface area contributed by atoms with Crippen LogP contribution in [0.15, 0.2) is 121 Å². The van der Waals surface area contributed by atoms with Gasteiger partial charge in [-0.05, 0) is 22.3 Å². The van der Waals surface area contributed by atoms with Crippen LogP contribution in [-0.2, 0) is 0 Å². The van der Waals surface area contributed by atoms with Gasteiger partial charge in [0.05, 0.1) is 11.8 Å². The predicted molar refractivity (Wildman–Crippen MR) is 134 cm³/mol. The topological polar surface area (TPSA) is 49.3 Å². The number of hydrogen-bond donors (Lipinski definition) is 4. The summed E-state index contributed by atoms with van der Waals surface area (Å²) in [4.78, 5) is 0. The summed E-state index contributed by atoms with van der Waals surface area (Å²) in [6, 6.07) is 41.2. The summed E-state index contributed by atoms with van der Waals surface area (Å²) in [6.45, 7) is 2.00. The highest BCUT2D eigenvalue weighted by Crippen LogP contribution is 2.23. The highest BCUT2D eigenvalue weighted by atomic mass is 16.5. The second kappa shape index (κ2) is 12.3. The van der Waals surface area contributed by atoms with Crippen LogP contribution >= 0.6 is 0 Å². The van der Waals surface area contributed by atoms with Crippen LogP contribution in [-0.4, -0.2) is 36.6 Å². The van der Waals surface area contributed by atoms with Crippen LogP contribution in [0.2, 0.25) is 0 Å². The van der Waals surface area contributed by atoms with Crippen molar-refractivity contribution in [1.29, 1.82) is 0 Å². The lowest BCUT2D eigenvalue weighted by atomic mass is 9.91. The second-order valence-electron chi connectivity index (χ2n) is 8.79. The minimum Gasteiger partial charge on any atom is -0.219 e. The zero-order valence-corrected chi connectivity index (χ0v) is 19.4. The van der Waals surface area contributed by atoms with Gasteiger partial charge in [0.1, 0.15) is 13.1 Å². The van der Waals surface area contributed by atoms with Gasteiger partial charge in [-0.1, -0.05) is 121 Å². The van der Waals surface area contributed by atoms with Gasteiger partial charge < -0.3 is 0 Å². The van der Waals surface area contributed by atoms with E-state index in [1.807, 2.05) is 72.8 Å². The third kappa shape index (κ3) is 6.62. The summed E-state index contributed by atoms with van der Waals surface area (Å²) in [6.07, 6.45) is 0. The molecule has 0 spiro atoms. The maximum atomic E-state index is 10.9. The van der Waals surface area contributed by atoms with Crippen molar-refractivity contribution in [2.75, 3.05) is 26.2 Å². The number of benzene rings is 4. The largest absolute Gasteiger partial charge is 0.219 e. The maximum Gasteiger partial charge on any atom is 0.159 e.